The van der Waals surface area contributed by atoms with E-state index in [-0.39, 0.29) is 7.92 Å². The molecule has 0 aliphatic heterocycles. The summed E-state index contributed by atoms with van der Waals surface area (Å²) < 4.78 is 0. The maximum Gasteiger partial charge on any atom is -0.0111 e. The average Bonchev–Trinajstić information content (AvgIpc) is 2.86. The smallest absolute Gasteiger partial charge is 0.0111 e. The predicted molar refractivity (Wildman–Crippen MR) is 161 cm³/mol. The van der Waals surface area contributed by atoms with Crippen molar-refractivity contribution in [1.29, 1.82) is 0 Å². The van der Waals surface area contributed by atoms with E-state index in [1.54, 1.807) is 27.6 Å². The summed E-state index contributed by atoms with van der Waals surface area (Å²) >= 11 is 0. The monoisotopic (exact) mass is 494 g/mol. The van der Waals surface area contributed by atoms with Crippen molar-refractivity contribution in [2.75, 3.05) is 0 Å². The largest absolute Gasteiger partial charge is 0.0793 e. The van der Waals surface area contributed by atoms with Gasteiger partial charge in [-0.25, -0.2) is 0 Å². The van der Waals surface area contributed by atoms with Crippen LogP contribution in [0.3, 0.4) is 0 Å². The molecular formula is C34H55P. The van der Waals surface area contributed by atoms with Gasteiger partial charge in [0.25, 0.3) is 0 Å². The van der Waals surface area contributed by atoms with Crippen LogP contribution in [0.4, 0.5) is 0 Å². The first-order valence-electron chi connectivity index (χ1n) is 15.1. The quantitative estimate of drug-likeness (QED) is 0.236. The second-order valence-electron chi connectivity index (χ2n) is 12.2. The highest BCUT2D eigenvalue weighted by atomic mass is 31.1. The fraction of sp³-hybridized carbons (Fsp3) is 0.706. The van der Waals surface area contributed by atoms with E-state index >= 15 is 0 Å². The summed E-state index contributed by atoms with van der Waals surface area (Å²) in [5.41, 5.74) is 9.79. The molecule has 0 heterocycles. The molecule has 0 N–H and O–H groups in total. The van der Waals surface area contributed by atoms with Crippen molar-refractivity contribution in [3.63, 3.8) is 0 Å². The standard InChI is InChI=1S/C34H55P/c1-9-17-30(34-31(25(5)6)22-27(24(3)4)23-32(34)26(7)8)33(10-2)35(28-18-13-11-14-19-28)29-20-15-12-16-21-29/h10,17,22-26,28-29H,9,11-16,18-21H2,1-8H3/b30-17+,33-10+. The third kappa shape index (κ3) is 6.92. The summed E-state index contributed by atoms with van der Waals surface area (Å²) in [6.45, 7) is 19.1. The van der Waals surface area contributed by atoms with Gasteiger partial charge in [0.2, 0.25) is 0 Å². The lowest BCUT2D eigenvalue weighted by atomic mass is 9.81. The highest BCUT2D eigenvalue weighted by Gasteiger charge is 2.35. The fourth-order valence-electron chi connectivity index (χ4n) is 6.66. The minimum absolute atomic E-state index is 0.126. The lowest BCUT2D eigenvalue weighted by Crippen LogP contribution is -2.22. The van der Waals surface area contributed by atoms with Crippen molar-refractivity contribution < 1.29 is 0 Å². The van der Waals surface area contributed by atoms with E-state index in [0.717, 1.165) is 17.7 Å². The highest BCUT2D eigenvalue weighted by Crippen LogP contribution is 2.64. The van der Waals surface area contributed by atoms with Crippen LogP contribution in [0.1, 0.15) is 166 Å². The molecule has 3 rings (SSSR count). The van der Waals surface area contributed by atoms with E-state index in [9.17, 15) is 0 Å². The molecule has 0 radical (unpaired) electrons. The van der Waals surface area contributed by atoms with E-state index in [4.69, 9.17) is 0 Å². The van der Waals surface area contributed by atoms with Crippen LogP contribution < -0.4 is 0 Å². The van der Waals surface area contributed by atoms with Crippen LogP contribution in [-0.4, -0.2) is 11.3 Å². The highest BCUT2D eigenvalue weighted by molar-refractivity contribution is 7.64. The lowest BCUT2D eigenvalue weighted by molar-refractivity contribution is 0.486. The van der Waals surface area contributed by atoms with Crippen LogP contribution in [0.5, 0.6) is 0 Å². The maximum atomic E-state index is 2.62. The molecule has 0 amide bonds. The van der Waals surface area contributed by atoms with Crippen LogP contribution in [-0.2, 0) is 0 Å². The molecule has 0 atom stereocenters. The zero-order chi connectivity index (χ0) is 25.5. The molecule has 1 aromatic rings. The first-order valence-corrected chi connectivity index (χ1v) is 16.6. The Morgan fingerprint density at radius 2 is 1.23 bits per heavy atom. The molecule has 0 saturated heterocycles. The zero-order valence-corrected chi connectivity index (χ0v) is 25.3. The molecule has 0 nitrogen and oxygen atoms in total. The molecule has 0 spiro atoms. The Bertz CT molecular complexity index is 810. The zero-order valence-electron chi connectivity index (χ0n) is 24.4. The summed E-state index contributed by atoms with van der Waals surface area (Å²) in [4.78, 5) is 0. The molecule has 2 fully saturated rings. The van der Waals surface area contributed by atoms with Crippen molar-refractivity contribution in [3.05, 3.63) is 51.9 Å². The molecule has 196 valence electrons. The van der Waals surface area contributed by atoms with Gasteiger partial charge < -0.3 is 0 Å². The summed E-state index contributed by atoms with van der Waals surface area (Å²) in [7, 11) is -0.126. The average molecular weight is 495 g/mol. The molecule has 0 bridgehead atoms. The Hall–Kier alpha value is -0.870. The summed E-state index contributed by atoms with van der Waals surface area (Å²) in [6.07, 6.45) is 20.9. The summed E-state index contributed by atoms with van der Waals surface area (Å²) in [5.74, 6) is 1.64. The van der Waals surface area contributed by atoms with Gasteiger partial charge >= 0.3 is 0 Å². The normalized spacial score (nSPS) is 19.5. The van der Waals surface area contributed by atoms with Gasteiger partial charge in [-0.15, -0.1) is 0 Å². The number of hydrogen-bond acceptors (Lipinski definition) is 0. The van der Waals surface area contributed by atoms with Gasteiger partial charge in [0.1, 0.15) is 0 Å². The first kappa shape index (κ1) is 28.7. The third-order valence-electron chi connectivity index (χ3n) is 8.57. The van der Waals surface area contributed by atoms with Gasteiger partial charge in [-0.2, -0.15) is 0 Å². The molecule has 2 saturated carbocycles. The van der Waals surface area contributed by atoms with Crippen LogP contribution in [0.25, 0.3) is 5.57 Å². The second kappa shape index (κ2) is 13.6. The number of rotatable bonds is 9. The van der Waals surface area contributed by atoms with Crippen LogP contribution in [0, 0.1) is 0 Å². The second-order valence-corrected chi connectivity index (χ2v) is 15.0. The summed E-state index contributed by atoms with van der Waals surface area (Å²) in [5, 5.41) is 1.77. The van der Waals surface area contributed by atoms with Gasteiger partial charge in [-0.05, 0) is 101 Å². The van der Waals surface area contributed by atoms with Gasteiger partial charge in [-0.3, -0.25) is 0 Å². The molecule has 2 aliphatic rings. The maximum absolute atomic E-state index is 2.62. The first-order chi connectivity index (χ1) is 16.8. The number of hydrogen-bond donors (Lipinski definition) is 0. The molecule has 1 heteroatoms. The van der Waals surface area contributed by atoms with Gasteiger partial charge in [0.05, 0.1) is 0 Å². The molecule has 2 aliphatic carbocycles. The molecule has 0 unspecified atom stereocenters. The van der Waals surface area contributed by atoms with E-state index in [1.807, 2.05) is 0 Å². The fourth-order valence-corrected chi connectivity index (χ4v) is 10.7. The Labute approximate surface area is 220 Å². The Morgan fingerprint density at radius 3 is 1.57 bits per heavy atom. The molecule has 35 heavy (non-hydrogen) atoms. The minimum atomic E-state index is -0.126. The Kier molecular flexibility index (Phi) is 11.2. The Balaban J connectivity index is 2.22. The van der Waals surface area contributed by atoms with E-state index in [2.05, 4.69) is 79.7 Å². The van der Waals surface area contributed by atoms with Crippen molar-refractivity contribution in [2.45, 2.75) is 155 Å². The number of allylic oxidation sites excluding steroid dienone is 4. The predicted octanol–water partition coefficient (Wildman–Crippen LogP) is 11.9. The van der Waals surface area contributed by atoms with E-state index < -0.39 is 0 Å². The van der Waals surface area contributed by atoms with Crippen molar-refractivity contribution in [3.8, 4) is 0 Å². The lowest BCUT2D eigenvalue weighted by Gasteiger charge is -2.41. The molecule has 1 aromatic carbocycles. The van der Waals surface area contributed by atoms with Gasteiger partial charge in [0, 0.05) is 0 Å². The van der Waals surface area contributed by atoms with Crippen LogP contribution in [0.15, 0.2) is 29.6 Å². The minimum Gasteiger partial charge on any atom is -0.0793 e. The van der Waals surface area contributed by atoms with E-state index in [1.165, 1.54) is 69.8 Å². The van der Waals surface area contributed by atoms with E-state index in [0.29, 0.717) is 17.8 Å². The van der Waals surface area contributed by atoms with Crippen molar-refractivity contribution >= 4 is 13.5 Å². The SMILES string of the molecule is C/C=C(\C(=C/CC)c1c(C(C)C)cc(C(C)C)cc1C(C)C)P(C1CCCCC1)C1CCCCC1. The van der Waals surface area contributed by atoms with Gasteiger partial charge in [0.15, 0.2) is 0 Å². The summed E-state index contributed by atoms with van der Waals surface area (Å²) in [6, 6.07) is 5.13. The number of benzene rings is 1. The van der Waals surface area contributed by atoms with Crippen molar-refractivity contribution in [2.24, 2.45) is 0 Å². The van der Waals surface area contributed by atoms with Gasteiger partial charge in [-0.1, -0.05) is 119 Å². The molecular weight excluding hydrogens is 439 g/mol. The Morgan fingerprint density at radius 1 is 0.771 bits per heavy atom. The third-order valence-corrected chi connectivity index (χ3v) is 12.2. The van der Waals surface area contributed by atoms with Crippen molar-refractivity contribution in [1.82, 2.24) is 0 Å². The van der Waals surface area contributed by atoms with Crippen LogP contribution in [0.2, 0.25) is 0 Å². The topological polar surface area (TPSA) is 0 Å². The molecule has 0 aromatic heterocycles. The van der Waals surface area contributed by atoms with Crippen LogP contribution >= 0.6 is 7.92 Å².